The van der Waals surface area contributed by atoms with Crippen molar-refractivity contribution in [3.63, 3.8) is 0 Å². The molecule has 0 bridgehead atoms. The van der Waals surface area contributed by atoms with E-state index in [0.29, 0.717) is 12.0 Å². The molecule has 1 heterocycles. The van der Waals surface area contributed by atoms with Gasteiger partial charge in [0.15, 0.2) is 22.9 Å². The fourth-order valence-corrected chi connectivity index (χ4v) is 1.89. The molecule has 7 nitrogen and oxygen atoms in total. The highest BCUT2D eigenvalue weighted by atomic mass is 19.1. The van der Waals surface area contributed by atoms with E-state index in [1.165, 1.54) is 36.9 Å². The highest BCUT2D eigenvalue weighted by Gasteiger charge is 2.37. The van der Waals surface area contributed by atoms with Crippen LogP contribution in [0.5, 0.6) is 5.75 Å². The maximum atomic E-state index is 13.5. The van der Waals surface area contributed by atoms with Crippen molar-refractivity contribution in [2.24, 2.45) is 0 Å². The standard InChI is InChI=1S/C13H15FN4O3/c1-4-13(2,12(19)20)18-11(15-16-17-18)8-5-6-9(14)10(7-8)21-3/h5-7H,4H2,1-3H3,(H,19,20). The molecule has 1 N–H and O–H groups in total. The van der Waals surface area contributed by atoms with E-state index in [2.05, 4.69) is 15.5 Å². The first-order valence-electron chi connectivity index (χ1n) is 6.30. The van der Waals surface area contributed by atoms with E-state index in [1.807, 2.05) is 0 Å². The zero-order valence-corrected chi connectivity index (χ0v) is 11.9. The predicted octanol–water partition coefficient (Wildman–Crippen LogP) is 1.70. The zero-order valence-electron chi connectivity index (χ0n) is 11.9. The summed E-state index contributed by atoms with van der Waals surface area (Å²) in [5.74, 6) is -1.29. The Bertz CT molecular complexity index is 673. The first-order valence-corrected chi connectivity index (χ1v) is 6.30. The van der Waals surface area contributed by atoms with E-state index >= 15 is 0 Å². The van der Waals surface area contributed by atoms with Gasteiger partial charge in [-0.1, -0.05) is 6.92 Å². The monoisotopic (exact) mass is 294 g/mol. The number of benzene rings is 1. The van der Waals surface area contributed by atoms with E-state index in [9.17, 15) is 14.3 Å². The molecule has 0 fully saturated rings. The lowest BCUT2D eigenvalue weighted by Crippen LogP contribution is -2.39. The summed E-state index contributed by atoms with van der Waals surface area (Å²) in [4.78, 5) is 11.5. The number of aromatic nitrogens is 4. The van der Waals surface area contributed by atoms with Crippen LogP contribution in [0.4, 0.5) is 4.39 Å². The lowest BCUT2D eigenvalue weighted by atomic mass is 9.99. The van der Waals surface area contributed by atoms with Gasteiger partial charge in [-0.3, -0.25) is 0 Å². The van der Waals surface area contributed by atoms with Crippen LogP contribution < -0.4 is 4.74 Å². The van der Waals surface area contributed by atoms with Crippen LogP contribution in [0.2, 0.25) is 0 Å². The summed E-state index contributed by atoms with van der Waals surface area (Å²) in [6.45, 7) is 3.25. The molecule has 1 unspecified atom stereocenters. The Hall–Kier alpha value is -2.51. The summed E-state index contributed by atoms with van der Waals surface area (Å²) in [5.41, 5.74) is -0.820. The van der Waals surface area contributed by atoms with Gasteiger partial charge in [0.2, 0.25) is 0 Å². The van der Waals surface area contributed by atoms with Gasteiger partial charge in [0.1, 0.15) is 0 Å². The Balaban J connectivity index is 2.58. The number of carboxylic acid groups (broad SMARTS) is 1. The smallest absolute Gasteiger partial charge is 0.331 e. The van der Waals surface area contributed by atoms with Crippen LogP contribution in [0.1, 0.15) is 20.3 Å². The minimum absolute atomic E-state index is 0.0376. The maximum Gasteiger partial charge on any atom is 0.331 e. The molecule has 0 radical (unpaired) electrons. The van der Waals surface area contributed by atoms with Gasteiger partial charge in [-0.15, -0.1) is 5.10 Å². The Morgan fingerprint density at radius 1 is 1.52 bits per heavy atom. The number of tetrazole rings is 1. The van der Waals surface area contributed by atoms with Gasteiger partial charge in [-0.05, 0) is 42.0 Å². The van der Waals surface area contributed by atoms with Gasteiger partial charge in [0.05, 0.1) is 7.11 Å². The molecule has 0 amide bonds. The summed E-state index contributed by atoms with van der Waals surface area (Å²) in [6, 6.07) is 4.12. The number of rotatable bonds is 5. The van der Waals surface area contributed by atoms with Crippen LogP contribution in [-0.2, 0) is 10.3 Å². The van der Waals surface area contributed by atoms with E-state index in [0.717, 1.165) is 0 Å². The molecule has 2 aromatic rings. The number of hydrogen-bond acceptors (Lipinski definition) is 5. The van der Waals surface area contributed by atoms with Gasteiger partial charge in [0, 0.05) is 5.56 Å². The Morgan fingerprint density at radius 3 is 2.81 bits per heavy atom. The minimum Gasteiger partial charge on any atom is -0.494 e. The number of halogens is 1. The average molecular weight is 294 g/mol. The number of methoxy groups -OCH3 is 1. The molecular formula is C13H15FN4O3. The van der Waals surface area contributed by atoms with Crippen LogP contribution in [0, 0.1) is 5.82 Å². The largest absolute Gasteiger partial charge is 0.494 e. The molecule has 8 heteroatoms. The number of carboxylic acids is 1. The van der Waals surface area contributed by atoms with Gasteiger partial charge in [0.25, 0.3) is 0 Å². The highest BCUT2D eigenvalue weighted by molar-refractivity contribution is 5.77. The molecule has 1 atom stereocenters. The average Bonchev–Trinajstić information content (AvgIpc) is 2.96. The number of ether oxygens (including phenoxy) is 1. The van der Waals surface area contributed by atoms with Crippen LogP contribution in [-0.4, -0.2) is 38.4 Å². The van der Waals surface area contributed by atoms with E-state index < -0.39 is 17.3 Å². The number of aliphatic carboxylic acids is 1. The second-order valence-corrected chi connectivity index (χ2v) is 4.70. The summed E-state index contributed by atoms with van der Waals surface area (Å²) in [5, 5.41) is 20.6. The highest BCUT2D eigenvalue weighted by Crippen LogP contribution is 2.29. The van der Waals surface area contributed by atoms with Crippen LogP contribution in [0.3, 0.4) is 0 Å². The molecule has 112 valence electrons. The normalized spacial score (nSPS) is 13.7. The fourth-order valence-electron chi connectivity index (χ4n) is 1.89. The maximum absolute atomic E-state index is 13.5. The fraction of sp³-hybridized carbons (Fsp3) is 0.385. The second kappa shape index (κ2) is 5.47. The Kier molecular flexibility index (Phi) is 3.88. The molecule has 0 saturated heterocycles. The lowest BCUT2D eigenvalue weighted by Gasteiger charge is -2.24. The molecular weight excluding hydrogens is 279 g/mol. The van der Waals surface area contributed by atoms with Crippen LogP contribution in [0.15, 0.2) is 18.2 Å². The summed E-state index contributed by atoms with van der Waals surface area (Å²) in [7, 11) is 1.35. The third-order valence-corrected chi connectivity index (χ3v) is 3.50. The molecule has 0 aliphatic heterocycles. The third kappa shape index (κ3) is 2.44. The van der Waals surface area contributed by atoms with Crippen molar-refractivity contribution < 1.29 is 19.0 Å². The lowest BCUT2D eigenvalue weighted by molar-refractivity contribution is -0.147. The first kappa shape index (κ1) is 14.9. The van der Waals surface area contributed by atoms with E-state index in [4.69, 9.17) is 4.74 Å². The van der Waals surface area contributed by atoms with Crippen molar-refractivity contribution in [1.29, 1.82) is 0 Å². The van der Waals surface area contributed by atoms with Crippen molar-refractivity contribution in [3.05, 3.63) is 24.0 Å². The number of nitrogens with zero attached hydrogens (tertiary/aromatic N) is 4. The third-order valence-electron chi connectivity index (χ3n) is 3.50. The molecule has 1 aromatic carbocycles. The SMILES string of the molecule is CCC(C)(C(=O)O)n1nnnc1-c1ccc(F)c(OC)c1. The van der Waals surface area contributed by atoms with Gasteiger partial charge in [-0.25, -0.2) is 13.9 Å². The molecule has 0 spiro atoms. The predicted molar refractivity (Wildman–Crippen MR) is 71.3 cm³/mol. The molecule has 1 aromatic heterocycles. The molecule has 2 rings (SSSR count). The van der Waals surface area contributed by atoms with Crippen molar-refractivity contribution in [3.8, 4) is 17.1 Å². The molecule has 0 saturated carbocycles. The minimum atomic E-state index is -1.29. The van der Waals surface area contributed by atoms with E-state index in [-0.39, 0.29) is 11.6 Å². The zero-order chi connectivity index (χ0) is 15.6. The quantitative estimate of drug-likeness (QED) is 0.902. The van der Waals surface area contributed by atoms with Gasteiger partial charge in [-0.2, -0.15) is 0 Å². The molecule has 0 aliphatic carbocycles. The van der Waals surface area contributed by atoms with Gasteiger partial charge < -0.3 is 9.84 Å². The van der Waals surface area contributed by atoms with Crippen LogP contribution >= 0.6 is 0 Å². The van der Waals surface area contributed by atoms with Crippen molar-refractivity contribution >= 4 is 5.97 Å². The Morgan fingerprint density at radius 2 is 2.24 bits per heavy atom. The Labute approximate surface area is 120 Å². The van der Waals surface area contributed by atoms with Crippen molar-refractivity contribution in [2.45, 2.75) is 25.8 Å². The second-order valence-electron chi connectivity index (χ2n) is 4.70. The summed E-state index contributed by atoms with van der Waals surface area (Å²) >= 11 is 0. The van der Waals surface area contributed by atoms with E-state index in [1.54, 1.807) is 6.92 Å². The summed E-state index contributed by atoms with van der Waals surface area (Å²) in [6.07, 6.45) is 0.290. The number of carbonyl (C=O) groups is 1. The summed E-state index contributed by atoms with van der Waals surface area (Å²) < 4.78 is 19.6. The van der Waals surface area contributed by atoms with Crippen LogP contribution in [0.25, 0.3) is 11.4 Å². The van der Waals surface area contributed by atoms with Gasteiger partial charge >= 0.3 is 5.97 Å². The first-order chi connectivity index (χ1) is 9.93. The van der Waals surface area contributed by atoms with Crippen molar-refractivity contribution in [1.82, 2.24) is 20.2 Å². The van der Waals surface area contributed by atoms with Crippen molar-refractivity contribution in [2.75, 3.05) is 7.11 Å². The number of hydrogen-bond donors (Lipinski definition) is 1. The topological polar surface area (TPSA) is 90.1 Å². The molecule has 0 aliphatic rings. The molecule has 21 heavy (non-hydrogen) atoms.